The molecule has 0 spiro atoms. The summed E-state index contributed by atoms with van der Waals surface area (Å²) < 4.78 is 10.8. The highest BCUT2D eigenvalue weighted by molar-refractivity contribution is 5.61. The Labute approximate surface area is 103 Å². The van der Waals surface area contributed by atoms with Crippen LogP contribution in [-0.2, 0) is 4.74 Å². The number of anilines is 2. The lowest BCUT2D eigenvalue weighted by Crippen LogP contribution is -2.32. The molecule has 0 aliphatic carbocycles. The van der Waals surface area contributed by atoms with Crippen LogP contribution in [0.2, 0.25) is 0 Å². The predicted molar refractivity (Wildman–Crippen MR) is 71.6 cm³/mol. The Morgan fingerprint density at radius 2 is 2.06 bits per heavy atom. The van der Waals surface area contributed by atoms with E-state index in [-0.39, 0.29) is 5.60 Å². The molecule has 0 aliphatic heterocycles. The summed E-state index contributed by atoms with van der Waals surface area (Å²) in [6.07, 6.45) is 0. The highest BCUT2D eigenvalue weighted by Gasteiger charge is 2.15. The quantitative estimate of drug-likeness (QED) is 0.748. The van der Waals surface area contributed by atoms with Gasteiger partial charge in [-0.2, -0.15) is 0 Å². The minimum atomic E-state index is -0.201. The molecule has 0 heterocycles. The van der Waals surface area contributed by atoms with Crippen LogP contribution in [0.1, 0.15) is 20.8 Å². The van der Waals surface area contributed by atoms with Crippen molar-refractivity contribution in [2.75, 3.05) is 31.3 Å². The zero-order valence-corrected chi connectivity index (χ0v) is 11.0. The van der Waals surface area contributed by atoms with Crippen LogP contribution in [0.4, 0.5) is 11.4 Å². The Balaban J connectivity index is 2.69. The summed E-state index contributed by atoms with van der Waals surface area (Å²) in [5.74, 6) is 0.715. The number of nitrogen functional groups attached to an aromatic ring is 1. The highest BCUT2D eigenvalue weighted by atomic mass is 16.5. The maximum Gasteiger partial charge on any atom is 0.144 e. The van der Waals surface area contributed by atoms with E-state index in [9.17, 15) is 0 Å². The Hall–Kier alpha value is -1.42. The monoisotopic (exact) mass is 238 g/mol. The smallest absolute Gasteiger partial charge is 0.144 e. The molecule has 0 aromatic heterocycles. The number of nitrogens with one attached hydrogen (secondary N) is 1. The topological polar surface area (TPSA) is 56.5 Å². The molecule has 0 bridgehead atoms. The summed E-state index contributed by atoms with van der Waals surface area (Å²) in [5.41, 5.74) is 7.24. The van der Waals surface area contributed by atoms with Gasteiger partial charge in [0.05, 0.1) is 17.9 Å². The van der Waals surface area contributed by atoms with Gasteiger partial charge in [0, 0.05) is 25.4 Å². The lowest BCUT2D eigenvalue weighted by Gasteiger charge is -2.24. The van der Waals surface area contributed by atoms with Crippen LogP contribution in [0.15, 0.2) is 18.2 Å². The number of ether oxygens (including phenoxy) is 2. The normalized spacial score (nSPS) is 11.3. The molecule has 0 fully saturated rings. The van der Waals surface area contributed by atoms with E-state index < -0.39 is 0 Å². The van der Waals surface area contributed by atoms with E-state index in [2.05, 4.69) is 5.32 Å². The first-order valence-electron chi connectivity index (χ1n) is 5.80. The van der Waals surface area contributed by atoms with Gasteiger partial charge < -0.3 is 20.5 Å². The molecule has 17 heavy (non-hydrogen) atoms. The Morgan fingerprint density at radius 1 is 1.35 bits per heavy atom. The van der Waals surface area contributed by atoms with Crippen LogP contribution in [0, 0.1) is 0 Å². The van der Waals surface area contributed by atoms with Crippen molar-refractivity contribution in [2.24, 2.45) is 0 Å². The van der Waals surface area contributed by atoms with Crippen LogP contribution >= 0.6 is 0 Å². The van der Waals surface area contributed by atoms with E-state index >= 15 is 0 Å². The molecule has 0 unspecified atom stereocenters. The lowest BCUT2D eigenvalue weighted by molar-refractivity contribution is 0.0344. The van der Waals surface area contributed by atoms with Crippen molar-refractivity contribution < 1.29 is 9.47 Å². The number of hydrogen-bond donors (Lipinski definition) is 2. The van der Waals surface area contributed by atoms with Crippen LogP contribution in [0.5, 0.6) is 5.75 Å². The molecular formula is C13H22N2O2. The van der Waals surface area contributed by atoms with Crippen molar-refractivity contribution >= 4 is 11.4 Å². The summed E-state index contributed by atoms with van der Waals surface area (Å²) in [5, 5.41) is 3.30. The summed E-state index contributed by atoms with van der Waals surface area (Å²) >= 11 is 0. The van der Waals surface area contributed by atoms with Gasteiger partial charge in [-0.05, 0) is 32.9 Å². The van der Waals surface area contributed by atoms with Gasteiger partial charge >= 0.3 is 0 Å². The van der Waals surface area contributed by atoms with Crippen molar-refractivity contribution in [3.8, 4) is 5.75 Å². The van der Waals surface area contributed by atoms with Crippen molar-refractivity contribution in [3.63, 3.8) is 0 Å². The maximum absolute atomic E-state index is 5.81. The lowest BCUT2D eigenvalue weighted by atomic mass is 10.1. The molecule has 1 aromatic rings. The summed E-state index contributed by atoms with van der Waals surface area (Å²) in [7, 11) is 1.70. The highest BCUT2D eigenvalue weighted by Crippen LogP contribution is 2.25. The number of benzene rings is 1. The van der Waals surface area contributed by atoms with E-state index in [1.54, 1.807) is 7.11 Å². The number of hydrogen-bond acceptors (Lipinski definition) is 4. The first-order valence-corrected chi connectivity index (χ1v) is 5.80. The van der Waals surface area contributed by atoms with E-state index in [0.29, 0.717) is 18.0 Å². The van der Waals surface area contributed by atoms with Crippen LogP contribution in [-0.4, -0.2) is 25.9 Å². The molecule has 0 amide bonds. The van der Waals surface area contributed by atoms with Gasteiger partial charge in [-0.3, -0.25) is 0 Å². The summed E-state index contributed by atoms with van der Waals surface area (Å²) in [6.45, 7) is 7.32. The first-order chi connectivity index (χ1) is 7.98. The predicted octanol–water partition coefficient (Wildman–Crippen LogP) is 2.50. The van der Waals surface area contributed by atoms with E-state index in [4.69, 9.17) is 15.2 Å². The van der Waals surface area contributed by atoms with Gasteiger partial charge in [-0.15, -0.1) is 0 Å². The van der Waals surface area contributed by atoms with Crippen molar-refractivity contribution in [1.29, 1.82) is 0 Å². The SMILES string of the molecule is CCOc1cc(NCC(C)(C)OC)ccc1N. The molecule has 0 aliphatic rings. The van der Waals surface area contributed by atoms with Crippen molar-refractivity contribution in [1.82, 2.24) is 0 Å². The average molecular weight is 238 g/mol. The summed E-state index contributed by atoms with van der Waals surface area (Å²) in [6, 6.07) is 5.68. The van der Waals surface area contributed by atoms with Crippen LogP contribution < -0.4 is 15.8 Å². The average Bonchev–Trinajstić information content (AvgIpc) is 2.31. The Bertz CT molecular complexity index is 364. The molecule has 4 heteroatoms. The number of methoxy groups -OCH3 is 1. The van der Waals surface area contributed by atoms with Gasteiger partial charge in [0.25, 0.3) is 0 Å². The van der Waals surface area contributed by atoms with Crippen LogP contribution in [0.25, 0.3) is 0 Å². The third kappa shape index (κ3) is 4.15. The minimum absolute atomic E-state index is 0.201. The molecule has 0 saturated carbocycles. The van der Waals surface area contributed by atoms with Gasteiger partial charge in [0.1, 0.15) is 5.75 Å². The molecule has 96 valence electrons. The van der Waals surface area contributed by atoms with Crippen molar-refractivity contribution in [2.45, 2.75) is 26.4 Å². The van der Waals surface area contributed by atoms with E-state index in [1.165, 1.54) is 0 Å². The maximum atomic E-state index is 5.81. The van der Waals surface area contributed by atoms with Gasteiger partial charge in [0.15, 0.2) is 0 Å². The van der Waals surface area contributed by atoms with Gasteiger partial charge in [-0.1, -0.05) is 0 Å². The fourth-order valence-corrected chi connectivity index (χ4v) is 1.31. The molecule has 1 rings (SSSR count). The van der Waals surface area contributed by atoms with E-state index in [1.807, 2.05) is 39.0 Å². The van der Waals surface area contributed by atoms with Gasteiger partial charge in [0.2, 0.25) is 0 Å². The second-order valence-corrected chi connectivity index (χ2v) is 4.50. The third-order valence-corrected chi connectivity index (χ3v) is 2.58. The molecule has 4 nitrogen and oxygen atoms in total. The standard InChI is InChI=1S/C13H22N2O2/c1-5-17-12-8-10(6-7-11(12)14)15-9-13(2,3)16-4/h6-8,15H,5,9,14H2,1-4H3. The van der Waals surface area contributed by atoms with Gasteiger partial charge in [-0.25, -0.2) is 0 Å². The van der Waals surface area contributed by atoms with E-state index in [0.717, 1.165) is 12.2 Å². The minimum Gasteiger partial charge on any atom is -0.492 e. The second-order valence-electron chi connectivity index (χ2n) is 4.50. The number of rotatable bonds is 6. The Morgan fingerprint density at radius 3 is 2.65 bits per heavy atom. The molecule has 0 saturated heterocycles. The fourth-order valence-electron chi connectivity index (χ4n) is 1.31. The molecule has 3 N–H and O–H groups in total. The molecular weight excluding hydrogens is 216 g/mol. The molecule has 0 radical (unpaired) electrons. The van der Waals surface area contributed by atoms with Crippen molar-refractivity contribution in [3.05, 3.63) is 18.2 Å². The first kappa shape index (κ1) is 13.6. The summed E-state index contributed by atoms with van der Waals surface area (Å²) in [4.78, 5) is 0. The molecule has 0 atom stereocenters. The third-order valence-electron chi connectivity index (χ3n) is 2.58. The van der Waals surface area contributed by atoms with Crippen LogP contribution in [0.3, 0.4) is 0 Å². The Kier molecular flexibility index (Phi) is 4.63. The largest absolute Gasteiger partial charge is 0.492 e. The zero-order valence-electron chi connectivity index (χ0n) is 11.0. The molecule has 1 aromatic carbocycles. The zero-order chi connectivity index (χ0) is 12.9. The fraction of sp³-hybridized carbons (Fsp3) is 0.538. The second kappa shape index (κ2) is 5.77. The number of nitrogens with two attached hydrogens (primary N) is 1.